The predicted molar refractivity (Wildman–Crippen MR) is 81.5 cm³/mol. The first-order valence-corrected chi connectivity index (χ1v) is 7.55. The van der Waals surface area contributed by atoms with Gasteiger partial charge in [0.05, 0.1) is 23.9 Å². The molecule has 2 heterocycles. The van der Waals surface area contributed by atoms with Crippen LogP contribution in [0.3, 0.4) is 0 Å². The first-order valence-electron chi connectivity index (χ1n) is 6.73. The van der Waals surface area contributed by atoms with Gasteiger partial charge in [0.1, 0.15) is 17.3 Å². The van der Waals surface area contributed by atoms with Crippen LogP contribution < -0.4 is 4.74 Å². The van der Waals surface area contributed by atoms with E-state index >= 15 is 0 Å². The van der Waals surface area contributed by atoms with Gasteiger partial charge in [-0.1, -0.05) is 0 Å². The summed E-state index contributed by atoms with van der Waals surface area (Å²) in [6.45, 7) is -1.04. The standard InChI is InChI=1S/C14H11N3O6S/c1-23-7-2-3-8-9(4-7)24-10(15-8)5-16-12(20)13(21)17(14(16)22)6-11(18)19/h2-4H,5-6H2,1H3,(H,18,19). The third-order valence-corrected chi connectivity index (χ3v) is 4.36. The molecule has 0 aliphatic carbocycles. The number of aliphatic carboxylic acids is 1. The minimum atomic E-state index is -1.38. The minimum absolute atomic E-state index is 0.193. The molecule has 1 saturated heterocycles. The summed E-state index contributed by atoms with van der Waals surface area (Å²) in [5, 5.41) is 9.17. The third kappa shape index (κ3) is 2.67. The largest absolute Gasteiger partial charge is 0.497 e. The van der Waals surface area contributed by atoms with Gasteiger partial charge < -0.3 is 9.84 Å². The zero-order chi connectivity index (χ0) is 17.4. The highest BCUT2D eigenvalue weighted by Gasteiger charge is 2.45. The van der Waals surface area contributed by atoms with Gasteiger partial charge in [0, 0.05) is 0 Å². The van der Waals surface area contributed by atoms with Crippen molar-refractivity contribution in [2.75, 3.05) is 13.7 Å². The summed E-state index contributed by atoms with van der Waals surface area (Å²) in [4.78, 5) is 51.8. The van der Waals surface area contributed by atoms with E-state index in [1.54, 1.807) is 18.2 Å². The van der Waals surface area contributed by atoms with E-state index in [-0.39, 0.29) is 6.54 Å². The highest BCUT2D eigenvalue weighted by molar-refractivity contribution is 7.18. The van der Waals surface area contributed by atoms with Gasteiger partial charge in [-0.05, 0) is 18.2 Å². The number of amides is 4. The van der Waals surface area contributed by atoms with E-state index in [2.05, 4.69) is 4.98 Å². The molecule has 4 amide bonds. The number of imide groups is 2. The summed E-state index contributed by atoms with van der Waals surface area (Å²) >= 11 is 1.25. The predicted octanol–water partition coefficient (Wildman–Crippen LogP) is 0.680. The molecule has 0 unspecified atom stereocenters. The Morgan fingerprint density at radius 2 is 1.96 bits per heavy atom. The number of thiazole rings is 1. The highest BCUT2D eigenvalue weighted by Crippen LogP contribution is 2.28. The fourth-order valence-electron chi connectivity index (χ4n) is 2.25. The molecule has 9 nitrogen and oxygen atoms in total. The Kier molecular flexibility index (Phi) is 3.89. The van der Waals surface area contributed by atoms with Crippen molar-refractivity contribution >= 4 is 45.4 Å². The number of rotatable bonds is 5. The number of carboxylic acids is 1. The molecule has 1 aliphatic heterocycles. The number of ether oxygens (including phenoxy) is 1. The molecule has 2 aromatic rings. The summed E-state index contributed by atoms with van der Waals surface area (Å²) in [5.74, 6) is -2.93. The van der Waals surface area contributed by atoms with Crippen LogP contribution in [0.15, 0.2) is 18.2 Å². The number of hydrogen-bond acceptors (Lipinski definition) is 7. The number of hydrogen-bond donors (Lipinski definition) is 1. The monoisotopic (exact) mass is 349 g/mol. The Hall–Kier alpha value is -3.01. The molecule has 0 atom stereocenters. The number of fused-ring (bicyclic) bond motifs is 1. The van der Waals surface area contributed by atoms with Gasteiger partial charge in [-0.25, -0.2) is 19.6 Å². The molecule has 24 heavy (non-hydrogen) atoms. The minimum Gasteiger partial charge on any atom is -0.497 e. The summed E-state index contributed by atoms with van der Waals surface area (Å²) < 4.78 is 5.92. The van der Waals surface area contributed by atoms with Crippen LogP contribution in [-0.4, -0.2) is 57.4 Å². The Morgan fingerprint density at radius 3 is 2.62 bits per heavy atom. The van der Waals surface area contributed by atoms with Gasteiger partial charge in [0.2, 0.25) is 0 Å². The van der Waals surface area contributed by atoms with Crippen LogP contribution in [0.4, 0.5) is 4.79 Å². The van der Waals surface area contributed by atoms with Gasteiger partial charge >= 0.3 is 23.8 Å². The molecule has 10 heteroatoms. The number of methoxy groups -OCH3 is 1. The molecular formula is C14H11N3O6S. The number of urea groups is 1. The SMILES string of the molecule is COc1ccc2nc(CN3C(=O)C(=O)N(CC(=O)O)C3=O)sc2c1. The Labute approximate surface area is 139 Å². The van der Waals surface area contributed by atoms with E-state index < -0.39 is 30.4 Å². The van der Waals surface area contributed by atoms with Crippen LogP contribution in [0.1, 0.15) is 5.01 Å². The maximum atomic E-state index is 12.1. The second-order valence-corrected chi connectivity index (χ2v) is 6.02. The molecule has 3 rings (SSSR count). The maximum absolute atomic E-state index is 12.1. The van der Waals surface area contributed by atoms with Gasteiger partial charge in [0.15, 0.2) is 0 Å². The molecule has 1 fully saturated rings. The number of benzene rings is 1. The smallest absolute Gasteiger partial charge is 0.335 e. The average molecular weight is 349 g/mol. The normalized spacial score (nSPS) is 14.8. The summed E-state index contributed by atoms with van der Waals surface area (Å²) in [5.41, 5.74) is 0.670. The van der Waals surface area contributed by atoms with Crippen molar-refractivity contribution in [1.29, 1.82) is 0 Å². The summed E-state index contributed by atoms with van der Waals surface area (Å²) in [6.07, 6.45) is 0. The van der Waals surface area contributed by atoms with Crippen molar-refractivity contribution in [3.63, 3.8) is 0 Å². The number of carbonyl (C=O) groups is 4. The van der Waals surface area contributed by atoms with Crippen LogP contribution in [0.5, 0.6) is 5.75 Å². The Balaban J connectivity index is 1.85. The second kappa shape index (κ2) is 5.89. The van der Waals surface area contributed by atoms with Gasteiger partial charge in [-0.2, -0.15) is 0 Å². The quantitative estimate of drug-likeness (QED) is 0.623. The average Bonchev–Trinajstić information content (AvgIpc) is 3.03. The molecule has 0 spiro atoms. The third-order valence-electron chi connectivity index (χ3n) is 3.36. The number of carboxylic acid groups (broad SMARTS) is 1. The van der Waals surface area contributed by atoms with Crippen molar-refractivity contribution in [2.24, 2.45) is 0 Å². The van der Waals surface area contributed by atoms with Gasteiger partial charge in [-0.3, -0.25) is 14.4 Å². The van der Waals surface area contributed by atoms with E-state index in [0.29, 0.717) is 26.1 Å². The van der Waals surface area contributed by atoms with Crippen LogP contribution in [-0.2, 0) is 20.9 Å². The first-order chi connectivity index (χ1) is 11.4. The molecular weight excluding hydrogens is 338 g/mol. The van der Waals surface area contributed by atoms with Crippen molar-refractivity contribution < 1.29 is 29.0 Å². The van der Waals surface area contributed by atoms with Crippen molar-refractivity contribution in [3.05, 3.63) is 23.2 Å². The lowest BCUT2D eigenvalue weighted by atomic mass is 10.3. The highest BCUT2D eigenvalue weighted by atomic mass is 32.1. The topological polar surface area (TPSA) is 117 Å². The van der Waals surface area contributed by atoms with E-state index in [1.807, 2.05) is 0 Å². The Morgan fingerprint density at radius 1 is 1.25 bits per heavy atom. The molecule has 1 aromatic carbocycles. The lowest BCUT2D eigenvalue weighted by molar-refractivity contribution is -0.146. The zero-order valence-electron chi connectivity index (χ0n) is 12.4. The van der Waals surface area contributed by atoms with E-state index in [1.165, 1.54) is 18.4 Å². The van der Waals surface area contributed by atoms with Gasteiger partial charge in [0.25, 0.3) is 0 Å². The van der Waals surface area contributed by atoms with Crippen LogP contribution >= 0.6 is 11.3 Å². The molecule has 0 saturated carbocycles. The molecule has 1 N–H and O–H groups in total. The lowest BCUT2D eigenvalue weighted by Crippen LogP contribution is -2.36. The van der Waals surface area contributed by atoms with Crippen LogP contribution in [0.25, 0.3) is 10.2 Å². The summed E-state index contributed by atoms with van der Waals surface area (Å²) in [6, 6.07) is 4.29. The Bertz CT molecular complexity index is 877. The lowest BCUT2D eigenvalue weighted by Gasteiger charge is -2.12. The van der Waals surface area contributed by atoms with Crippen molar-refractivity contribution in [2.45, 2.75) is 6.54 Å². The van der Waals surface area contributed by atoms with Gasteiger partial charge in [-0.15, -0.1) is 11.3 Å². The number of nitrogens with zero attached hydrogens (tertiary/aromatic N) is 3. The first kappa shape index (κ1) is 15.9. The fraction of sp³-hybridized carbons (Fsp3) is 0.214. The molecule has 0 bridgehead atoms. The fourth-order valence-corrected chi connectivity index (χ4v) is 3.23. The van der Waals surface area contributed by atoms with E-state index in [9.17, 15) is 19.2 Å². The van der Waals surface area contributed by atoms with Crippen LogP contribution in [0, 0.1) is 0 Å². The van der Waals surface area contributed by atoms with E-state index in [0.717, 1.165) is 4.70 Å². The zero-order valence-corrected chi connectivity index (χ0v) is 13.2. The molecule has 124 valence electrons. The molecule has 1 aliphatic rings. The molecule has 1 aromatic heterocycles. The van der Waals surface area contributed by atoms with Crippen molar-refractivity contribution in [3.8, 4) is 5.75 Å². The van der Waals surface area contributed by atoms with E-state index in [4.69, 9.17) is 9.84 Å². The second-order valence-electron chi connectivity index (χ2n) is 4.90. The van der Waals surface area contributed by atoms with Crippen LogP contribution in [0.2, 0.25) is 0 Å². The summed E-state index contributed by atoms with van der Waals surface area (Å²) in [7, 11) is 1.54. The molecule has 0 radical (unpaired) electrons. The number of carbonyl (C=O) groups excluding carboxylic acids is 3. The maximum Gasteiger partial charge on any atom is 0.335 e. The van der Waals surface area contributed by atoms with Crippen molar-refractivity contribution in [1.82, 2.24) is 14.8 Å². The number of aromatic nitrogens is 1.